The molecular formula is C16H17NO4. The normalized spacial score (nSPS) is 15.4. The average Bonchev–Trinajstić information content (AvgIpc) is 2.48. The van der Waals surface area contributed by atoms with Crippen molar-refractivity contribution in [1.82, 2.24) is 4.90 Å². The van der Waals surface area contributed by atoms with E-state index >= 15 is 0 Å². The monoisotopic (exact) mass is 287 g/mol. The van der Waals surface area contributed by atoms with E-state index in [4.69, 9.17) is 9.47 Å². The Labute approximate surface area is 123 Å². The lowest BCUT2D eigenvalue weighted by Gasteiger charge is -2.23. The standard InChI is InChI=1S/C16H17NO4/c1-3-20-15(18)14(16(19)21-4-2)12-8-10-17-9-6-5-7-13(17)11-12/h5-11H,3-4H2,1-2H3. The quantitative estimate of drug-likeness (QED) is 0.343. The number of allylic oxidation sites excluding steroid dienone is 6. The topological polar surface area (TPSA) is 55.8 Å². The fourth-order valence-corrected chi connectivity index (χ4v) is 1.98. The molecule has 0 fully saturated rings. The van der Waals surface area contributed by atoms with E-state index in [0.29, 0.717) is 5.57 Å². The van der Waals surface area contributed by atoms with Crippen LogP contribution in [0.1, 0.15) is 13.8 Å². The number of hydrogen-bond donors (Lipinski definition) is 0. The van der Waals surface area contributed by atoms with E-state index in [1.54, 1.807) is 32.2 Å². The summed E-state index contributed by atoms with van der Waals surface area (Å²) in [4.78, 5) is 25.9. The van der Waals surface area contributed by atoms with Crippen molar-refractivity contribution in [2.24, 2.45) is 0 Å². The number of rotatable bonds is 4. The number of nitrogens with zero attached hydrogens (tertiary/aromatic N) is 1. The average molecular weight is 287 g/mol. The van der Waals surface area contributed by atoms with E-state index in [1.165, 1.54) is 0 Å². The molecule has 0 saturated heterocycles. The Balaban J connectivity index is 2.41. The summed E-state index contributed by atoms with van der Waals surface area (Å²) in [5, 5.41) is 0. The number of carbonyl (C=O) groups is 2. The van der Waals surface area contributed by atoms with Crippen LogP contribution in [0, 0.1) is 0 Å². The Morgan fingerprint density at radius 3 is 2.29 bits per heavy atom. The number of esters is 2. The van der Waals surface area contributed by atoms with Crippen LogP contribution in [0.4, 0.5) is 0 Å². The van der Waals surface area contributed by atoms with Gasteiger partial charge in [0.05, 0.1) is 13.2 Å². The van der Waals surface area contributed by atoms with Gasteiger partial charge in [-0.1, -0.05) is 6.08 Å². The van der Waals surface area contributed by atoms with Gasteiger partial charge in [-0.15, -0.1) is 0 Å². The zero-order chi connectivity index (χ0) is 15.2. The summed E-state index contributed by atoms with van der Waals surface area (Å²) in [6, 6.07) is 0. The predicted octanol–water partition coefficient (Wildman–Crippen LogP) is 2.21. The molecule has 21 heavy (non-hydrogen) atoms. The van der Waals surface area contributed by atoms with Gasteiger partial charge in [0, 0.05) is 18.1 Å². The van der Waals surface area contributed by atoms with Crippen molar-refractivity contribution in [2.45, 2.75) is 13.8 Å². The van der Waals surface area contributed by atoms with E-state index < -0.39 is 11.9 Å². The number of hydrogen-bond acceptors (Lipinski definition) is 5. The summed E-state index contributed by atoms with van der Waals surface area (Å²) in [5.74, 6) is -1.34. The Morgan fingerprint density at radius 1 is 1.00 bits per heavy atom. The minimum atomic E-state index is -0.670. The van der Waals surface area contributed by atoms with Gasteiger partial charge in [0.2, 0.25) is 0 Å². The molecule has 5 heteroatoms. The first-order valence-electron chi connectivity index (χ1n) is 6.79. The van der Waals surface area contributed by atoms with Gasteiger partial charge in [0.1, 0.15) is 0 Å². The number of fused-ring (bicyclic) bond motifs is 1. The third kappa shape index (κ3) is 3.31. The first kappa shape index (κ1) is 14.8. The third-order valence-electron chi connectivity index (χ3n) is 2.89. The fraction of sp³-hybridized carbons (Fsp3) is 0.250. The van der Waals surface area contributed by atoms with Gasteiger partial charge in [0.15, 0.2) is 5.57 Å². The molecular weight excluding hydrogens is 270 g/mol. The van der Waals surface area contributed by atoms with Crippen LogP contribution in [0.15, 0.2) is 59.6 Å². The fourth-order valence-electron chi connectivity index (χ4n) is 1.98. The van der Waals surface area contributed by atoms with E-state index in [9.17, 15) is 9.59 Å². The predicted molar refractivity (Wildman–Crippen MR) is 77.6 cm³/mol. The lowest BCUT2D eigenvalue weighted by Crippen LogP contribution is -2.21. The van der Waals surface area contributed by atoms with Crippen molar-refractivity contribution in [3.05, 3.63) is 59.6 Å². The molecule has 0 aromatic carbocycles. The molecule has 2 aliphatic heterocycles. The molecule has 0 spiro atoms. The second-order valence-electron chi connectivity index (χ2n) is 4.26. The summed E-state index contributed by atoms with van der Waals surface area (Å²) in [5.41, 5.74) is 1.27. The summed E-state index contributed by atoms with van der Waals surface area (Å²) >= 11 is 0. The molecule has 0 aromatic heterocycles. The van der Waals surface area contributed by atoms with Gasteiger partial charge in [-0.2, -0.15) is 0 Å². The van der Waals surface area contributed by atoms with Crippen molar-refractivity contribution in [2.75, 3.05) is 13.2 Å². The van der Waals surface area contributed by atoms with Crippen molar-refractivity contribution in [3.8, 4) is 0 Å². The van der Waals surface area contributed by atoms with E-state index in [2.05, 4.69) is 0 Å². The van der Waals surface area contributed by atoms with Crippen LogP contribution in [-0.4, -0.2) is 30.1 Å². The molecule has 0 radical (unpaired) electrons. The van der Waals surface area contributed by atoms with Crippen molar-refractivity contribution in [3.63, 3.8) is 0 Å². The maximum Gasteiger partial charge on any atom is 0.346 e. The molecule has 110 valence electrons. The summed E-state index contributed by atoms with van der Waals surface area (Å²) in [7, 11) is 0. The first-order chi connectivity index (χ1) is 10.2. The molecule has 0 bridgehead atoms. The van der Waals surface area contributed by atoms with Gasteiger partial charge in [-0.05, 0) is 43.7 Å². The largest absolute Gasteiger partial charge is 0.462 e. The molecule has 0 atom stereocenters. The molecule has 0 amide bonds. The van der Waals surface area contributed by atoms with E-state index in [1.807, 2.05) is 29.3 Å². The van der Waals surface area contributed by atoms with E-state index in [-0.39, 0.29) is 18.8 Å². The minimum Gasteiger partial charge on any atom is -0.462 e. The first-order valence-corrected chi connectivity index (χ1v) is 6.79. The van der Waals surface area contributed by atoms with E-state index in [0.717, 1.165) is 5.70 Å². The molecule has 0 saturated carbocycles. The molecule has 0 unspecified atom stereocenters. The highest BCUT2D eigenvalue weighted by molar-refractivity contribution is 6.15. The zero-order valence-electron chi connectivity index (χ0n) is 12.0. The molecule has 5 nitrogen and oxygen atoms in total. The second-order valence-corrected chi connectivity index (χ2v) is 4.26. The molecule has 2 rings (SSSR count). The maximum absolute atomic E-state index is 12.0. The smallest absolute Gasteiger partial charge is 0.346 e. The van der Waals surface area contributed by atoms with Gasteiger partial charge < -0.3 is 14.4 Å². The van der Waals surface area contributed by atoms with Crippen LogP contribution >= 0.6 is 0 Å². The Kier molecular flexibility index (Phi) is 4.77. The molecule has 2 aliphatic rings. The molecule has 2 heterocycles. The molecule has 0 N–H and O–H groups in total. The van der Waals surface area contributed by atoms with Gasteiger partial charge in [-0.25, -0.2) is 9.59 Å². The van der Waals surface area contributed by atoms with Crippen molar-refractivity contribution >= 4 is 11.9 Å². The second kappa shape index (κ2) is 6.74. The van der Waals surface area contributed by atoms with Gasteiger partial charge >= 0.3 is 11.9 Å². The lowest BCUT2D eigenvalue weighted by atomic mass is 10.0. The SMILES string of the molecule is CCOC(=O)C(C(=O)OCC)=C1C=CN2C=CC=CC2=C1. The van der Waals surface area contributed by atoms with Crippen molar-refractivity contribution in [1.29, 1.82) is 0 Å². The highest BCUT2D eigenvalue weighted by atomic mass is 16.6. The van der Waals surface area contributed by atoms with Crippen LogP contribution in [-0.2, 0) is 19.1 Å². The zero-order valence-corrected chi connectivity index (χ0v) is 12.0. The van der Waals surface area contributed by atoms with Crippen LogP contribution < -0.4 is 0 Å². The molecule has 0 aromatic rings. The molecule has 0 aliphatic carbocycles. The number of carbonyl (C=O) groups excluding carboxylic acids is 2. The minimum absolute atomic E-state index is 0.0787. The Hall–Kier alpha value is -2.56. The Bertz CT molecular complexity index is 573. The van der Waals surface area contributed by atoms with Crippen LogP contribution in [0.2, 0.25) is 0 Å². The van der Waals surface area contributed by atoms with Crippen LogP contribution in [0.25, 0.3) is 0 Å². The van der Waals surface area contributed by atoms with Gasteiger partial charge in [-0.3, -0.25) is 0 Å². The number of ether oxygens (including phenoxy) is 2. The summed E-state index contributed by atoms with van der Waals surface area (Å²) < 4.78 is 9.91. The highest BCUT2D eigenvalue weighted by Crippen LogP contribution is 2.24. The lowest BCUT2D eigenvalue weighted by molar-refractivity contribution is -0.146. The maximum atomic E-state index is 12.0. The van der Waals surface area contributed by atoms with Crippen LogP contribution in [0.3, 0.4) is 0 Å². The Morgan fingerprint density at radius 2 is 1.67 bits per heavy atom. The summed E-state index contributed by atoms with van der Waals surface area (Å²) in [6.45, 7) is 3.78. The third-order valence-corrected chi connectivity index (χ3v) is 2.89. The van der Waals surface area contributed by atoms with Gasteiger partial charge in [0.25, 0.3) is 0 Å². The van der Waals surface area contributed by atoms with Crippen LogP contribution in [0.5, 0.6) is 0 Å². The van der Waals surface area contributed by atoms with Crippen molar-refractivity contribution < 1.29 is 19.1 Å². The highest BCUT2D eigenvalue weighted by Gasteiger charge is 2.25. The summed E-state index contributed by atoms with van der Waals surface area (Å²) in [6.07, 6.45) is 12.8.